The number of benzene rings is 1. The maximum absolute atomic E-state index is 13.7. The van der Waals surface area contributed by atoms with E-state index < -0.39 is 5.82 Å². The molecular formula is C13H18FN3O2. The Morgan fingerprint density at radius 1 is 1.58 bits per heavy atom. The molecule has 0 aliphatic carbocycles. The average Bonchev–Trinajstić information content (AvgIpc) is 2.77. The van der Waals surface area contributed by atoms with Crippen LogP contribution in [0.3, 0.4) is 0 Å². The number of carbonyl (C=O) groups is 1. The number of nitrogens with two attached hydrogens (primary N) is 1. The number of hydrogen-bond acceptors (Lipinski definition) is 3. The van der Waals surface area contributed by atoms with Crippen molar-refractivity contribution in [2.45, 2.75) is 13.0 Å². The van der Waals surface area contributed by atoms with Crippen molar-refractivity contribution >= 4 is 6.03 Å². The van der Waals surface area contributed by atoms with Gasteiger partial charge in [0, 0.05) is 19.1 Å². The lowest BCUT2D eigenvalue weighted by molar-refractivity contribution is 0.201. The van der Waals surface area contributed by atoms with Gasteiger partial charge in [0.2, 0.25) is 0 Å². The second-order valence-electron chi connectivity index (χ2n) is 4.55. The van der Waals surface area contributed by atoms with Crippen LogP contribution in [0.2, 0.25) is 0 Å². The SMILES string of the molecule is CC(N)c1ccc(OCCN2CCNC2=O)c(F)c1. The van der Waals surface area contributed by atoms with E-state index in [9.17, 15) is 9.18 Å². The summed E-state index contributed by atoms with van der Waals surface area (Å²) in [6.45, 7) is 3.81. The molecule has 0 spiro atoms. The summed E-state index contributed by atoms with van der Waals surface area (Å²) in [5, 5.41) is 2.69. The van der Waals surface area contributed by atoms with E-state index in [-0.39, 0.29) is 24.4 Å². The molecule has 0 bridgehead atoms. The number of nitrogens with zero attached hydrogens (tertiary/aromatic N) is 1. The van der Waals surface area contributed by atoms with Crippen molar-refractivity contribution in [1.29, 1.82) is 0 Å². The fraction of sp³-hybridized carbons (Fsp3) is 0.462. The Labute approximate surface area is 111 Å². The molecule has 2 amide bonds. The number of halogens is 1. The van der Waals surface area contributed by atoms with Crippen molar-refractivity contribution in [2.24, 2.45) is 5.73 Å². The van der Waals surface area contributed by atoms with Gasteiger partial charge in [-0.05, 0) is 24.6 Å². The predicted molar refractivity (Wildman–Crippen MR) is 69.5 cm³/mol. The number of hydrogen-bond donors (Lipinski definition) is 2. The fourth-order valence-electron chi connectivity index (χ4n) is 1.91. The maximum atomic E-state index is 13.7. The zero-order valence-electron chi connectivity index (χ0n) is 10.9. The zero-order valence-corrected chi connectivity index (χ0v) is 10.9. The van der Waals surface area contributed by atoms with E-state index in [1.54, 1.807) is 24.0 Å². The highest BCUT2D eigenvalue weighted by Crippen LogP contribution is 2.21. The quantitative estimate of drug-likeness (QED) is 0.843. The summed E-state index contributed by atoms with van der Waals surface area (Å²) in [4.78, 5) is 12.9. The van der Waals surface area contributed by atoms with Crippen molar-refractivity contribution in [3.63, 3.8) is 0 Å². The van der Waals surface area contributed by atoms with Gasteiger partial charge in [-0.25, -0.2) is 9.18 Å². The van der Waals surface area contributed by atoms with Crippen LogP contribution < -0.4 is 15.8 Å². The molecule has 1 aromatic rings. The van der Waals surface area contributed by atoms with Crippen LogP contribution in [0.25, 0.3) is 0 Å². The molecule has 1 atom stereocenters. The molecule has 1 heterocycles. The van der Waals surface area contributed by atoms with E-state index >= 15 is 0 Å². The first-order valence-corrected chi connectivity index (χ1v) is 6.28. The summed E-state index contributed by atoms with van der Waals surface area (Å²) in [6.07, 6.45) is 0. The van der Waals surface area contributed by atoms with Gasteiger partial charge in [-0.15, -0.1) is 0 Å². The van der Waals surface area contributed by atoms with Crippen LogP contribution in [0.1, 0.15) is 18.5 Å². The van der Waals surface area contributed by atoms with Crippen LogP contribution in [-0.4, -0.2) is 37.2 Å². The molecule has 0 saturated carbocycles. The average molecular weight is 267 g/mol. The van der Waals surface area contributed by atoms with E-state index in [1.807, 2.05) is 0 Å². The number of nitrogens with one attached hydrogen (secondary N) is 1. The summed E-state index contributed by atoms with van der Waals surface area (Å²) in [5.41, 5.74) is 6.40. The largest absolute Gasteiger partial charge is 0.489 e. The molecule has 2 rings (SSSR count). The van der Waals surface area contributed by atoms with Gasteiger partial charge in [0.25, 0.3) is 0 Å². The van der Waals surface area contributed by atoms with Gasteiger partial charge in [0.05, 0.1) is 6.54 Å². The van der Waals surface area contributed by atoms with Crippen LogP contribution in [0.15, 0.2) is 18.2 Å². The fourth-order valence-corrected chi connectivity index (χ4v) is 1.91. The zero-order chi connectivity index (χ0) is 13.8. The highest BCUT2D eigenvalue weighted by atomic mass is 19.1. The smallest absolute Gasteiger partial charge is 0.317 e. The minimum Gasteiger partial charge on any atom is -0.489 e. The molecule has 1 aliphatic heterocycles. The highest BCUT2D eigenvalue weighted by Gasteiger charge is 2.18. The second-order valence-corrected chi connectivity index (χ2v) is 4.55. The molecule has 1 aromatic carbocycles. The third-order valence-electron chi connectivity index (χ3n) is 3.05. The number of ether oxygens (including phenoxy) is 1. The number of rotatable bonds is 5. The first kappa shape index (κ1) is 13.6. The van der Waals surface area contributed by atoms with Crippen molar-refractivity contribution in [2.75, 3.05) is 26.2 Å². The van der Waals surface area contributed by atoms with Gasteiger partial charge in [-0.3, -0.25) is 0 Å². The number of carbonyl (C=O) groups excluding carboxylic acids is 1. The van der Waals surface area contributed by atoms with E-state index in [0.717, 1.165) is 5.56 Å². The lowest BCUT2D eigenvalue weighted by atomic mass is 10.1. The standard InChI is InChI=1S/C13H18FN3O2/c1-9(15)10-2-3-12(11(14)8-10)19-7-6-17-5-4-16-13(17)18/h2-3,8-9H,4-7,15H2,1H3,(H,16,18). The van der Waals surface area contributed by atoms with Crippen LogP contribution in [0, 0.1) is 5.82 Å². The summed E-state index contributed by atoms with van der Waals surface area (Å²) in [5.74, 6) is -0.246. The first-order valence-electron chi connectivity index (χ1n) is 6.28. The third-order valence-corrected chi connectivity index (χ3v) is 3.05. The topological polar surface area (TPSA) is 67.6 Å². The van der Waals surface area contributed by atoms with Crippen LogP contribution in [0.4, 0.5) is 9.18 Å². The summed E-state index contributed by atoms with van der Waals surface area (Å²) >= 11 is 0. The molecule has 0 radical (unpaired) electrons. The molecule has 3 N–H and O–H groups in total. The Hall–Kier alpha value is -1.82. The highest BCUT2D eigenvalue weighted by molar-refractivity contribution is 5.76. The Bertz CT molecular complexity index is 465. The second kappa shape index (κ2) is 5.88. The predicted octanol–water partition coefficient (Wildman–Crippen LogP) is 1.25. The van der Waals surface area contributed by atoms with Gasteiger partial charge in [-0.2, -0.15) is 0 Å². The van der Waals surface area contributed by atoms with Crippen LogP contribution in [-0.2, 0) is 0 Å². The van der Waals surface area contributed by atoms with Gasteiger partial charge in [-0.1, -0.05) is 6.07 Å². The summed E-state index contributed by atoms with van der Waals surface area (Å²) in [6, 6.07) is 4.37. The summed E-state index contributed by atoms with van der Waals surface area (Å²) in [7, 11) is 0. The molecule has 19 heavy (non-hydrogen) atoms. The van der Waals surface area contributed by atoms with Crippen molar-refractivity contribution in [3.05, 3.63) is 29.6 Å². The minimum absolute atomic E-state index is 0.101. The van der Waals surface area contributed by atoms with Gasteiger partial charge in [0.15, 0.2) is 11.6 Å². The Kier molecular flexibility index (Phi) is 4.21. The van der Waals surface area contributed by atoms with Gasteiger partial charge < -0.3 is 20.7 Å². The summed E-state index contributed by atoms with van der Waals surface area (Å²) < 4.78 is 19.1. The van der Waals surface area contributed by atoms with E-state index in [4.69, 9.17) is 10.5 Å². The third kappa shape index (κ3) is 3.35. The maximum Gasteiger partial charge on any atom is 0.317 e. The number of amides is 2. The Morgan fingerprint density at radius 2 is 2.37 bits per heavy atom. The molecule has 0 aromatic heterocycles. The molecule has 1 unspecified atom stereocenters. The molecular weight excluding hydrogens is 249 g/mol. The number of urea groups is 1. The minimum atomic E-state index is -0.430. The van der Waals surface area contributed by atoms with E-state index in [0.29, 0.717) is 19.6 Å². The van der Waals surface area contributed by atoms with E-state index in [2.05, 4.69) is 5.32 Å². The van der Waals surface area contributed by atoms with Crippen molar-refractivity contribution < 1.29 is 13.9 Å². The van der Waals surface area contributed by atoms with E-state index in [1.165, 1.54) is 6.07 Å². The van der Waals surface area contributed by atoms with Gasteiger partial charge >= 0.3 is 6.03 Å². The lowest BCUT2D eigenvalue weighted by Gasteiger charge is -2.15. The van der Waals surface area contributed by atoms with Crippen LogP contribution in [0.5, 0.6) is 5.75 Å². The van der Waals surface area contributed by atoms with Gasteiger partial charge in [0.1, 0.15) is 6.61 Å². The molecule has 104 valence electrons. The molecule has 5 nitrogen and oxygen atoms in total. The first-order chi connectivity index (χ1) is 9.08. The lowest BCUT2D eigenvalue weighted by Crippen LogP contribution is -2.31. The normalized spacial score (nSPS) is 16.4. The molecule has 1 fully saturated rings. The Balaban J connectivity index is 1.87. The van der Waals surface area contributed by atoms with Crippen LogP contribution >= 0.6 is 0 Å². The monoisotopic (exact) mass is 267 g/mol. The van der Waals surface area contributed by atoms with Crippen molar-refractivity contribution in [1.82, 2.24) is 10.2 Å². The molecule has 1 aliphatic rings. The Morgan fingerprint density at radius 3 is 2.95 bits per heavy atom. The van der Waals surface area contributed by atoms with Crippen molar-refractivity contribution in [3.8, 4) is 5.75 Å². The molecule has 6 heteroatoms. The molecule has 1 saturated heterocycles.